The molecular formula is C23H35N5O3. The Morgan fingerprint density at radius 1 is 0.968 bits per heavy atom. The molecule has 8 heteroatoms. The molecule has 0 saturated heterocycles. The van der Waals surface area contributed by atoms with Crippen molar-refractivity contribution in [2.45, 2.75) is 38.3 Å². The van der Waals surface area contributed by atoms with E-state index in [0.717, 1.165) is 43.1 Å². The van der Waals surface area contributed by atoms with Crippen molar-refractivity contribution in [3.8, 4) is 17.2 Å². The number of anilines is 2. The van der Waals surface area contributed by atoms with Gasteiger partial charge in [-0.2, -0.15) is 4.98 Å². The molecule has 31 heavy (non-hydrogen) atoms. The van der Waals surface area contributed by atoms with E-state index in [-0.39, 0.29) is 0 Å². The second kappa shape index (κ2) is 11.0. The molecule has 0 atom stereocenters. The van der Waals surface area contributed by atoms with Crippen LogP contribution in [-0.4, -0.2) is 58.0 Å². The van der Waals surface area contributed by atoms with Crippen LogP contribution in [0.15, 0.2) is 24.4 Å². The average molecular weight is 430 g/mol. The third kappa shape index (κ3) is 6.13. The van der Waals surface area contributed by atoms with Gasteiger partial charge in [0.15, 0.2) is 11.5 Å². The van der Waals surface area contributed by atoms with Crippen molar-refractivity contribution >= 4 is 11.8 Å². The number of ether oxygens (including phenoxy) is 3. The van der Waals surface area contributed by atoms with Gasteiger partial charge in [-0.15, -0.1) is 0 Å². The molecule has 0 amide bonds. The summed E-state index contributed by atoms with van der Waals surface area (Å²) in [5.41, 5.74) is 1.06. The van der Waals surface area contributed by atoms with Gasteiger partial charge in [0, 0.05) is 44.5 Å². The SMILES string of the molecule is COc1cc(OC)c(OC)cc1CNC[C@H]1CC[C@@H](Nc2nccc(N(C)C)n2)CC1. The van der Waals surface area contributed by atoms with Gasteiger partial charge in [-0.25, -0.2) is 4.98 Å². The first-order chi connectivity index (χ1) is 15.0. The Bertz CT molecular complexity index is 838. The topological polar surface area (TPSA) is 80.8 Å². The van der Waals surface area contributed by atoms with Crippen molar-refractivity contribution < 1.29 is 14.2 Å². The van der Waals surface area contributed by atoms with Gasteiger partial charge in [-0.1, -0.05) is 0 Å². The van der Waals surface area contributed by atoms with E-state index in [1.54, 1.807) is 21.3 Å². The predicted molar refractivity (Wildman–Crippen MR) is 124 cm³/mol. The minimum atomic E-state index is 0.430. The Labute approximate surface area is 185 Å². The lowest BCUT2D eigenvalue weighted by Gasteiger charge is -2.29. The number of aromatic nitrogens is 2. The second-order valence-electron chi connectivity index (χ2n) is 8.14. The molecular weight excluding hydrogens is 394 g/mol. The largest absolute Gasteiger partial charge is 0.496 e. The summed E-state index contributed by atoms with van der Waals surface area (Å²) in [4.78, 5) is 10.9. The molecule has 1 saturated carbocycles. The van der Waals surface area contributed by atoms with Gasteiger partial charge in [0.05, 0.1) is 21.3 Å². The van der Waals surface area contributed by atoms with Crippen LogP contribution in [-0.2, 0) is 6.54 Å². The molecule has 1 fully saturated rings. The first-order valence-corrected chi connectivity index (χ1v) is 10.8. The van der Waals surface area contributed by atoms with Crippen molar-refractivity contribution in [1.29, 1.82) is 0 Å². The number of methoxy groups -OCH3 is 3. The van der Waals surface area contributed by atoms with Gasteiger partial charge in [0.25, 0.3) is 0 Å². The molecule has 0 spiro atoms. The Kier molecular flexibility index (Phi) is 8.17. The fraction of sp³-hybridized carbons (Fsp3) is 0.565. The Balaban J connectivity index is 1.46. The van der Waals surface area contributed by atoms with Crippen molar-refractivity contribution in [1.82, 2.24) is 15.3 Å². The highest BCUT2D eigenvalue weighted by atomic mass is 16.5. The summed E-state index contributed by atoms with van der Waals surface area (Å²) in [6.45, 7) is 1.71. The molecule has 0 aliphatic heterocycles. The van der Waals surface area contributed by atoms with Gasteiger partial charge in [0.2, 0.25) is 5.95 Å². The van der Waals surface area contributed by atoms with Gasteiger partial charge in [0.1, 0.15) is 11.6 Å². The van der Waals surface area contributed by atoms with E-state index in [4.69, 9.17) is 14.2 Å². The maximum Gasteiger partial charge on any atom is 0.224 e. The van der Waals surface area contributed by atoms with Gasteiger partial charge < -0.3 is 29.7 Å². The molecule has 1 aliphatic rings. The van der Waals surface area contributed by atoms with E-state index >= 15 is 0 Å². The summed E-state index contributed by atoms with van der Waals surface area (Å²) in [6, 6.07) is 6.20. The van der Waals surface area contributed by atoms with E-state index in [2.05, 4.69) is 20.6 Å². The van der Waals surface area contributed by atoms with Crippen LogP contribution in [0.2, 0.25) is 0 Å². The average Bonchev–Trinajstić information content (AvgIpc) is 2.80. The third-order valence-corrected chi connectivity index (χ3v) is 5.81. The molecule has 1 heterocycles. The maximum atomic E-state index is 5.52. The molecule has 1 aromatic heterocycles. The zero-order valence-electron chi connectivity index (χ0n) is 19.3. The molecule has 2 aromatic rings. The molecule has 2 N–H and O–H groups in total. The van der Waals surface area contributed by atoms with Crippen LogP contribution in [0.3, 0.4) is 0 Å². The Hall–Kier alpha value is -2.74. The summed E-state index contributed by atoms with van der Waals surface area (Å²) in [6.07, 6.45) is 6.42. The molecule has 0 bridgehead atoms. The highest BCUT2D eigenvalue weighted by Crippen LogP contribution is 2.34. The molecule has 8 nitrogen and oxygen atoms in total. The highest BCUT2D eigenvalue weighted by molar-refractivity contribution is 5.50. The third-order valence-electron chi connectivity index (χ3n) is 5.81. The molecule has 0 unspecified atom stereocenters. The van der Waals surface area contributed by atoms with Crippen LogP contribution in [0, 0.1) is 5.92 Å². The summed E-state index contributed by atoms with van der Waals surface area (Å²) in [5, 5.41) is 7.10. The zero-order valence-corrected chi connectivity index (χ0v) is 19.3. The highest BCUT2D eigenvalue weighted by Gasteiger charge is 2.22. The first kappa shape index (κ1) is 22.9. The van der Waals surface area contributed by atoms with E-state index in [0.29, 0.717) is 29.4 Å². The number of benzene rings is 1. The van der Waals surface area contributed by atoms with E-state index in [9.17, 15) is 0 Å². The molecule has 170 valence electrons. The number of hydrogen-bond acceptors (Lipinski definition) is 8. The van der Waals surface area contributed by atoms with Crippen molar-refractivity contribution in [3.05, 3.63) is 30.0 Å². The molecule has 3 rings (SSSR count). The smallest absolute Gasteiger partial charge is 0.224 e. The summed E-state index contributed by atoms with van der Waals surface area (Å²) in [7, 11) is 8.93. The lowest BCUT2D eigenvalue weighted by atomic mass is 9.86. The van der Waals surface area contributed by atoms with E-state index in [1.165, 1.54) is 12.8 Å². The number of nitrogens with zero attached hydrogens (tertiary/aromatic N) is 3. The predicted octanol–water partition coefficient (Wildman–Crippen LogP) is 3.33. The van der Waals surface area contributed by atoms with Crippen molar-refractivity contribution in [2.24, 2.45) is 5.92 Å². The lowest BCUT2D eigenvalue weighted by molar-refractivity contribution is 0.321. The van der Waals surface area contributed by atoms with Crippen LogP contribution in [0.1, 0.15) is 31.2 Å². The van der Waals surface area contributed by atoms with Crippen molar-refractivity contribution in [3.63, 3.8) is 0 Å². The maximum absolute atomic E-state index is 5.52. The second-order valence-corrected chi connectivity index (χ2v) is 8.14. The van der Waals surface area contributed by atoms with Crippen LogP contribution in [0.4, 0.5) is 11.8 Å². The zero-order chi connectivity index (χ0) is 22.2. The minimum absolute atomic E-state index is 0.430. The Morgan fingerprint density at radius 2 is 1.65 bits per heavy atom. The number of rotatable bonds is 10. The molecule has 1 aliphatic carbocycles. The van der Waals surface area contributed by atoms with E-state index in [1.807, 2.05) is 43.4 Å². The van der Waals surface area contributed by atoms with Crippen LogP contribution in [0.5, 0.6) is 17.2 Å². The van der Waals surface area contributed by atoms with Crippen LogP contribution >= 0.6 is 0 Å². The summed E-state index contributed by atoms with van der Waals surface area (Å²) in [5.74, 6) is 4.49. The normalized spacial score (nSPS) is 18.4. The number of hydrogen-bond donors (Lipinski definition) is 2. The van der Waals surface area contributed by atoms with Gasteiger partial charge >= 0.3 is 0 Å². The minimum Gasteiger partial charge on any atom is -0.496 e. The summed E-state index contributed by atoms with van der Waals surface area (Å²) < 4.78 is 16.3. The fourth-order valence-electron chi connectivity index (χ4n) is 4.00. The quantitative estimate of drug-likeness (QED) is 0.595. The fourth-order valence-corrected chi connectivity index (χ4v) is 4.00. The first-order valence-electron chi connectivity index (χ1n) is 10.8. The van der Waals surface area contributed by atoms with Crippen molar-refractivity contribution in [2.75, 3.05) is 52.2 Å². The monoisotopic (exact) mass is 429 g/mol. The van der Waals surface area contributed by atoms with Gasteiger partial charge in [-0.05, 0) is 50.3 Å². The standard InChI is InChI=1S/C23H35N5O3/c1-28(2)22-10-11-25-23(27-22)26-18-8-6-16(7-9-18)14-24-15-17-12-20(30-4)21(31-5)13-19(17)29-3/h10-13,16,18,24H,6-9,14-15H2,1-5H3,(H,25,26,27)/t16-,18+. The van der Waals surface area contributed by atoms with Gasteiger partial charge in [-0.3, -0.25) is 0 Å². The Morgan fingerprint density at radius 3 is 2.29 bits per heavy atom. The van der Waals surface area contributed by atoms with Crippen LogP contribution < -0.4 is 29.7 Å². The summed E-state index contributed by atoms with van der Waals surface area (Å²) >= 11 is 0. The molecule has 0 radical (unpaired) electrons. The van der Waals surface area contributed by atoms with E-state index < -0.39 is 0 Å². The number of nitrogens with one attached hydrogen (secondary N) is 2. The lowest BCUT2D eigenvalue weighted by Crippen LogP contribution is -2.31. The molecule has 1 aromatic carbocycles. The van der Waals surface area contributed by atoms with Crippen LogP contribution in [0.25, 0.3) is 0 Å².